The van der Waals surface area contributed by atoms with Crippen LogP contribution in [-0.4, -0.2) is 17.4 Å². The summed E-state index contributed by atoms with van der Waals surface area (Å²) in [5.41, 5.74) is 3.56. The van der Waals surface area contributed by atoms with Gasteiger partial charge in [0.25, 0.3) is 5.91 Å². The monoisotopic (exact) mass is 283 g/mol. The van der Waals surface area contributed by atoms with Gasteiger partial charge in [-0.25, -0.2) is 4.98 Å². The van der Waals surface area contributed by atoms with Crippen LogP contribution in [0.25, 0.3) is 0 Å². The summed E-state index contributed by atoms with van der Waals surface area (Å²) < 4.78 is 0. The third-order valence-corrected chi connectivity index (χ3v) is 3.24. The molecule has 0 unspecified atom stereocenters. The van der Waals surface area contributed by atoms with Gasteiger partial charge in [0.15, 0.2) is 0 Å². The Morgan fingerprint density at radius 3 is 2.81 bits per heavy atom. The predicted molar refractivity (Wildman–Crippen MR) is 86.9 cm³/mol. The molecule has 1 heterocycles. The van der Waals surface area contributed by atoms with Crippen molar-refractivity contribution in [2.75, 3.05) is 17.2 Å². The van der Waals surface area contributed by atoms with Crippen LogP contribution in [-0.2, 0) is 0 Å². The minimum atomic E-state index is -0.143. The summed E-state index contributed by atoms with van der Waals surface area (Å²) in [5, 5.41) is 6.15. The molecule has 2 rings (SSSR count). The van der Waals surface area contributed by atoms with Crippen molar-refractivity contribution in [3.05, 3.63) is 53.2 Å². The molecular formula is C17H21N3O. The number of hydrogen-bond acceptors (Lipinski definition) is 3. The van der Waals surface area contributed by atoms with Crippen molar-refractivity contribution in [1.82, 2.24) is 4.98 Å². The average Bonchev–Trinajstić information content (AvgIpc) is 2.49. The normalized spacial score (nSPS) is 10.2. The molecule has 4 nitrogen and oxygen atoms in total. The number of carbonyl (C=O) groups excluding carboxylic acids is 1. The zero-order valence-electron chi connectivity index (χ0n) is 12.7. The third-order valence-electron chi connectivity index (χ3n) is 3.24. The van der Waals surface area contributed by atoms with E-state index in [4.69, 9.17) is 0 Å². The fourth-order valence-electron chi connectivity index (χ4n) is 2.03. The maximum Gasteiger partial charge on any atom is 0.259 e. The minimum absolute atomic E-state index is 0.143. The molecule has 2 N–H and O–H groups in total. The van der Waals surface area contributed by atoms with Crippen LogP contribution in [0, 0.1) is 13.8 Å². The Kier molecular flexibility index (Phi) is 4.93. The SMILES string of the molecule is CCCNc1ncccc1C(=O)Nc1cc(C)ccc1C. The fraction of sp³-hybridized carbons (Fsp3) is 0.294. The first-order valence-electron chi connectivity index (χ1n) is 7.19. The number of carbonyl (C=O) groups is 1. The molecule has 0 radical (unpaired) electrons. The Balaban J connectivity index is 2.22. The van der Waals surface area contributed by atoms with E-state index in [2.05, 4.69) is 22.5 Å². The number of nitrogens with one attached hydrogen (secondary N) is 2. The molecular weight excluding hydrogens is 262 g/mol. The summed E-state index contributed by atoms with van der Waals surface area (Å²) in [5.74, 6) is 0.484. The van der Waals surface area contributed by atoms with Gasteiger partial charge >= 0.3 is 0 Å². The van der Waals surface area contributed by atoms with E-state index >= 15 is 0 Å². The van der Waals surface area contributed by atoms with E-state index in [9.17, 15) is 4.79 Å². The first-order chi connectivity index (χ1) is 10.1. The Labute approximate surface area is 125 Å². The smallest absolute Gasteiger partial charge is 0.259 e. The number of anilines is 2. The summed E-state index contributed by atoms with van der Waals surface area (Å²) in [7, 11) is 0. The van der Waals surface area contributed by atoms with Crippen LogP contribution >= 0.6 is 0 Å². The van der Waals surface area contributed by atoms with Crippen LogP contribution in [0.2, 0.25) is 0 Å². The van der Waals surface area contributed by atoms with Crippen molar-refractivity contribution < 1.29 is 4.79 Å². The first kappa shape index (κ1) is 15.0. The van der Waals surface area contributed by atoms with E-state index in [1.807, 2.05) is 32.0 Å². The number of hydrogen-bond donors (Lipinski definition) is 2. The molecule has 0 bridgehead atoms. The van der Waals surface area contributed by atoms with Gasteiger partial charge in [0.1, 0.15) is 5.82 Å². The molecule has 0 saturated carbocycles. The Morgan fingerprint density at radius 1 is 1.24 bits per heavy atom. The van der Waals surface area contributed by atoms with Crippen LogP contribution in [0.4, 0.5) is 11.5 Å². The molecule has 21 heavy (non-hydrogen) atoms. The zero-order valence-corrected chi connectivity index (χ0v) is 12.7. The lowest BCUT2D eigenvalue weighted by Crippen LogP contribution is -2.16. The molecule has 0 atom stereocenters. The average molecular weight is 283 g/mol. The maximum atomic E-state index is 12.5. The molecule has 2 aromatic rings. The van der Waals surface area contributed by atoms with E-state index < -0.39 is 0 Å². The van der Waals surface area contributed by atoms with E-state index in [0.717, 1.165) is 29.8 Å². The van der Waals surface area contributed by atoms with Gasteiger partial charge in [0.2, 0.25) is 0 Å². The number of nitrogens with zero attached hydrogens (tertiary/aromatic N) is 1. The van der Waals surface area contributed by atoms with Crippen LogP contribution in [0.15, 0.2) is 36.5 Å². The Bertz CT molecular complexity index is 638. The second-order valence-corrected chi connectivity index (χ2v) is 5.10. The topological polar surface area (TPSA) is 54.0 Å². The van der Waals surface area contributed by atoms with Crippen molar-refractivity contribution in [3.8, 4) is 0 Å². The lowest BCUT2D eigenvalue weighted by atomic mass is 10.1. The van der Waals surface area contributed by atoms with E-state index in [1.54, 1.807) is 18.3 Å². The lowest BCUT2D eigenvalue weighted by molar-refractivity contribution is 0.102. The van der Waals surface area contributed by atoms with Crippen molar-refractivity contribution in [2.45, 2.75) is 27.2 Å². The molecule has 0 aliphatic rings. The molecule has 110 valence electrons. The molecule has 4 heteroatoms. The highest BCUT2D eigenvalue weighted by atomic mass is 16.1. The van der Waals surface area contributed by atoms with Gasteiger partial charge in [0.05, 0.1) is 5.56 Å². The van der Waals surface area contributed by atoms with Crippen LogP contribution in [0.1, 0.15) is 34.8 Å². The second kappa shape index (κ2) is 6.88. The highest BCUT2D eigenvalue weighted by molar-refractivity contribution is 6.07. The van der Waals surface area contributed by atoms with Gasteiger partial charge in [0, 0.05) is 18.4 Å². The molecule has 1 amide bonds. The molecule has 0 saturated heterocycles. The van der Waals surface area contributed by atoms with Crippen LogP contribution < -0.4 is 10.6 Å². The standard InChI is InChI=1S/C17H21N3O/c1-4-9-18-16-14(6-5-10-19-16)17(21)20-15-11-12(2)7-8-13(15)3/h5-8,10-11H,4,9H2,1-3H3,(H,18,19)(H,20,21). The Morgan fingerprint density at radius 2 is 2.05 bits per heavy atom. The lowest BCUT2D eigenvalue weighted by Gasteiger charge is -2.12. The molecule has 0 aliphatic carbocycles. The molecule has 1 aromatic carbocycles. The van der Waals surface area contributed by atoms with E-state index in [-0.39, 0.29) is 5.91 Å². The molecule has 0 aliphatic heterocycles. The number of aryl methyl sites for hydroxylation is 2. The molecule has 0 fully saturated rings. The zero-order chi connectivity index (χ0) is 15.2. The maximum absolute atomic E-state index is 12.5. The summed E-state index contributed by atoms with van der Waals surface area (Å²) in [6.07, 6.45) is 2.67. The van der Waals surface area contributed by atoms with Gasteiger partial charge in [-0.3, -0.25) is 4.79 Å². The van der Waals surface area contributed by atoms with E-state index in [0.29, 0.717) is 11.4 Å². The summed E-state index contributed by atoms with van der Waals surface area (Å²) in [4.78, 5) is 16.7. The van der Waals surface area contributed by atoms with Crippen LogP contribution in [0.5, 0.6) is 0 Å². The van der Waals surface area contributed by atoms with Crippen molar-refractivity contribution >= 4 is 17.4 Å². The van der Waals surface area contributed by atoms with E-state index in [1.165, 1.54) is 0 Å². The summed E-state index contributed by atoms with van der Waals surface area (Å²) >= 11 is 0. The second-order valence-electron chi connectivity index (χ2n) is 5.10. The van der Waals surface area contributed by atoms with Gasteiger partial charge < -0.3 is 10.6 Å². The van der Waals surface area contributed by atoms with Gasteiger partial charge in [-0.2, -0.15) is 0 Å². The predicted octanol–water partition coefficient (Wildman–Crippen LogP) is 3.77. The van der Waals surface area contributed by atoms with Crippen molar-refractivity contribution in [1.29, 1.82) is 0 Å². The largest absolute Gasteiger partial charge is 0.369 e. The highest BCUT2D eigenvalue weighted by Gasteiger charge is 2.13. The highest BCUT2D eigenvalue weighted by Crippen LogP contribution is 2.19. The van der Waals surface area contributed by atoms with Gasteiger partial charge in [-0.1, -0.05) is 19.1 Å². The van der Waals surface area contributed by atoms with Crippen molar-refractivity contribution in [3.63, 3.8) is 0 Å². The third kappa shape index (κ3) is 3.81. The first-order valence-corrected chi connectivity index (χ1v) is 7.19. The summed E-state index contributed by atoms with van der Waals surface area (Å²) in [6.45, 7) is 6.86. The minimum Gasteiger partial charge on any atom is -0.369 e. The fourth-order valence-corrected chi connectivity index (χ4v) is 2.03. The number of amides is 1. The summed E-state index contributed by atoms with van der Waals surface area (Å²) in [6, 6.07) is 9.57. The number of pyridine rings is 1. The molecule has 0 spiro atoms. The van der Waals surface area contributed by atoms with Crippen LogP contribution in [0.3, 0.4) is 0 Å². The Hall–Kier alpha value is -2.36. The number of benzene rings is 1. The quantitative estimate of drug-likeness (QED) is 0.878. The van der Waals surface area contributed by atoms with Gasteiger partial charge in [-0.15, -0.1) is 0 Å². The van der Waals surface area contributed by atoms with Crippen molar-refractivity contribution in [2.24, 2.45) is 0 Å². The molecule has 1 aromatic heterocycles. The number of rotatable bonds is 5. The van der Waals surface area contributed by atoms with Gasteiger partial charge in [-0.05, 0) is 49.6 Å². The number of aromatic nitrogens is 1.